The fourth-order valence-corrected chi connectivity index (χ4v) is 1.94. The van der Waals surface area contributed by atoms with Crippen molar-refractivity contribution in [1.82, 2.24) is 4.98 Å². The lowest BCUT2D eigenvalue weighted by atomic mass is 10.2. The van der Waals surface area contributed by atoms with Gasteiger partial charge in [-0.1, -0.05) is 30.3 Å². The maximum absolute atomic E-state index is 8.80. The van der Waals surface area contributed by atoms with Gasteiger partial charge in [0.1, 0.15) is 11.8 Å². The van der Waals surface area contributed by atoms with E-state index in [-0.39, 0.29) is 0 Å². The molecule has 4 heteroatoms. The van der Waals surface area contributed by atoms with E-state index in [0.717, 1.165) is 18.8 Å². The molecule has 102 valence electrons. The lowest BCUT2D eigenvalue weighted by molar-refractivity contribution is 0.205. The molecule has 0 aliphatic carbocycles. The van der Waals surface area contributed by atoms with Crippen LogP contribution >= 0.6 is 0 Å². The van der Waals surface area contributed by atoms with Gasteiger partial charge in [0.05, 0.1) is 18.5 Å². The molecule has 0 fully saturated rings. The van der Waals surface area contributed by atoms with Crippen molar-refractivity contribution in [2.75, 3.05) is 25.2 Å². The molecule has 0 radical (unpaired) electrons. The minimum Gasteiger partial charge on any atom is -0.383 e. The van der Waals surface area contributed by atoms with Crippen molar-refractivity contribution in [1.29, 1.82) is 5.26 Å². The molecule has 0 N–H and O–H groups in total. The highest BCUT2D eigenvalue weighted by Gasteiger charge is 2.08. The van der Waals surface area contributed by atoms with Crippen molar-refractivity contribution in [3.8, 4) is 6.07 Å². The van der Waals surface area contributed by atoms with Gasteiger partial charge in [-0.3, -0.25) is 0 Å². The zero-order valence-corrected chi connectivity index (χ0v) is 11.5. The predicted octanol–water partition coefficient (Wildman–Crippen LogP) is 2.61. The summed E-state index contributed by atoms with van der Waals surface area (Å²) in [6, 6.07) is 15.9. The predicted molar refractivity (Wildman–Crippen MR) is 78.3 cm³/mol. The summed E-state index contributed by atoms with van der Waals surface area (Å²) in [4.78, 5) is 6.31. The zero-order chi connectivity index (χ0) is 14.2. The maximum atomic E-state index is 8.80. The topological polar surface area (TPSA) is 49.1 Å². The standard InChI is InChI=1S/C16H17N3O/c1-20-10-9-19(13-14-5-3-2-4-6-14)16-8-7-15(11-17)18-12-16/h2-8,12H,9-10,13H2,1H3. The molecule has 0 saturated heterocycles. The molecule has 4 nitrogen and oxygen atoms in total. The van der Waals surface area contributed by atoms with Crippen LogP contribution in [0.25, 0.3) is 0 Å². The van der Waals surface area contributed by atoms with Crippen LogP contribution in [0, 0.1) is 11.3 Å². The van der Waals surface area contributed by atoms with Gasteiger partial charge in [0.2, 0.25) is 0 Å². The average Bonchev–Trinajstić information content (AvgIpc) is 2.52. The molecule has 0 aliphatic rings. The number of methoxy groups -OCH3 is 1. The second kappa shape index (κ2) is 7.27. The largest absolute Gasteiger partial charge is 0.383 e. The molecular weight excluding hydrogens is 250 g/mol. The van der Waals surface area contributed by atoms with Crippen LogP contribution in [0.2, 0.25) is 0 Å². The van der Waals surface area contributed by atoms with Crippen molar-refractivity contribution < 1.29 is 4.74 Å². The molecule has 0 saturated carbocycles. The first-order valence-corrected chi connectivity index (χ1v) is 6.47. The second-order valence-corrected chi connectivity index (χ2v) is 4.41. The summed E-state index contributed by atoms with van der Waals surface area (Å²) >= 11 is 0. The number of anilines is 1. The number of benzene rings is 1. The fourth-order valence-electron chi connectivity index (χ4n) is 1.94. The van der Waals surface area contributed by atoms with Crippen molar-refractivity contribution in [2.24, 2.45) is 0 Å². The number of nitrogens with zero attached hydrogens (tertiary/aromatic N) is 3. The Kier molecular flexibility index (Phi) is 5.10. The highest BCUT2D eigenvalue weighted by molar-refractivity contribution is 5.46. The van der Waals surface area contributed by atoms with E-state index in [1.165, 1.54) is 5.56 Å². The monoisotopic (exact) mass is 267 g/mol. The summed E-state index contributed by atoms with van der Waals surface area (Å²) in [5.41, 5.74) is 2.65. The molecule has 0 amide bonds. The molecule has 20 heavy (non-hydrogen) atoms. The summed E-state index contributed by atoms with van der Waals surface area (Å²) in [6.07, 6.45) is 1.73. The van der Waals surface area contributed by atoms with Gasteiger partial charge in [0, 0.05) is 20.2 Å². The fraction of sp³-hybridized carbons (Fsp3) is 0.250. The van der Waals surface area contributed by atoms with Crippen LogP contribution < -0.4 is 4.90 Å². The lowest BCUT2D eigenvalue weighted by Crippen LogP contribution is -2.26. The third-order valence-electron chi connectivity index (χ3n) is 3.01. The first-order chi connectivity index (χ1) is 9.83. The van der Waals surface area contributed by atoms with Crippen molar-refractivity contribution in [3.05, 3.63) is 59.9 Å². The molecule has 0 atom stereocenters. The first-order valence-electron chi connectivity index (χ1n) is 6.47. The van der Waals surface area contributed by atoms with E-state index >= 15 is 0 Å². The van der Waals surface area contributed by atoms with Crippen LogP contribution in [-0.2, 0) is 11.3 Å². The van der Waals surface area contributed by atoms with E-state index in [2.05, 4.69) is 22.0 Å². The van der Waals surface area contributed by atoms with Gasteiger partial charge in [-0.15, -0.1) is 0 Å². The SMILES string of the molecule is COCCN(Cc1ccccc1)c1ccc(C#N)nc1. The molecule has 0 unspecified atom stereocenters. The summed E-state index contributed by atoms with van der Waals surface area (Å²) in [5, 5.41) is 8.80. The maximum Gasteiger partial charge on any atom is 0.140 e. The number of ether oxygens (including phenoxy) is 1. The van der Waals surface area contributed by atoms with E-state index in [1.54, 1.807) is 19.4 Å². The van der Waals surface area contributed by atoms with Gasteiger partial charge in [-0.2, -0.15) is 5.26 Å². The molecule has 2 rings (SSSR count). The molecule has 0 bridgehead atoms. The van der Waals surface area contributed by atoms with Crippen LogP contribution in [0.5, 0.6) is 0 Å². The molecule has 2 aromatic rings. The normalized spacial score (nSPS) is 10.0. The minimum absolute atomic E-state index is 0.431. The van der Waals surface area contributed by atoms with E-state index in [1.807, 2.05) is 30.3 Å². The number of pyridine rings is 1. The Balaban J connectivity index is 2.15. The van der Waals surface area contributed by atoms with Crippen molar-refractivity contribution in [2.45, 2.75) is 6.54 Å². The number of aromatic nitrogens is 1. The molecule has 0 aliphatic heterocycles. The van der Waals surface area contributed by atoms with Crippen LogP contribution in [0.4, 0.5) is 5.69 Å². The van der Waals surface area contributed by atoms with E-state index in [9.17, 15) is 0 Å². The van der Waals surface area contributed by atoms with Crippen LogP contribution in [-0.4, -0.2) is 25.2 Å². The Bertz CT molecular complexity index is 561. The number of hydrogen-bond acceptors (Lipinski definition) is 4. The van der Waals surface area contributed by atoms with E-state index in [0.29, 0.717) is 12.3 Å². The van der Waals surface area contributed by atoms with Crippen LogP contribution in [0.3, 0.4) is 0 Å². The third kappa shape index (κ3) is 3.81. The van der Waals surface area contributed by atoms with Crippen molar-refractivity contribution in [3.63, 3.8) is 0 Å². The smallest absolute Gasteiger partial charge is 0.140 e. The molecule has 1 heterocycles. The van der Waals surface area contributed by atoms with Crippen LogP contribution in [0.1, 0.15) is 11.3 Å². The van der Waals surface area contributed by atoms with Gasteiger partial charge < -0.3 is 9.64 Å². The third-order valence-corrected chi connectivity index (χ3v) is 3.01. The lowest BCUT2D eigenvalue weighted by Gasteiger charge is -2.24. The van der Waals surface area contributed by atoms with Gasteiger partial charge in [-0.05, 0) is 17.7 Å². The van der Waals surface area contributed by atoms with Crippen molar-refractivity contribution >= 4 is 5.69 Å². The summed E-state index contributed by atoms with van der Waals surface area (Å²) in [7, 11) is 1.69. The van der Waals surface area contributed by atoms with Crippen LogP contribution in [0.15, 0.2) is 48.7 Å². The first kappa shape index (κ1) is 14.0. The number of hydrogen-bond donors (Lipinski definition) is 0. The number of nitriles is 1. The van der Waals surface area contributed by atoms with E-state index in [4.69, 9.17) is 10.00 Å². The van der Waals surface area contributed by atoms with Gasteiger partial charge in [-0.25, -0.2) is 4.98 Å². The van der Waals surface area contributed by atoms with E-state index < -0.39 is 0 Å². The quantitative estimate of drug-likeness (QED) is 0.807. The van der Waals surface area contributed by atoms with Gasteiger partial charge in [0.15, 0.2) is 0 Å². The Hall–Kier alpha value is -2.38. The zero-order valence-electron chi connectivity index (χ0n) is 11.5. The van der Waals surface area contributed by atoms with Gasteiger partial charge in [0.25, 0.3) is 0 Å². The Labute approximate surface area is 119 Å². The molecule has 1 aromatic heterocycles. The number of rotatable bonds is 6. The Morgan fingerprint density at radius 2 is 2.00 bits per heavy atom. The molecule has 0 spiro atoms. The van der Waals surface area contributed by atoms with Gasteiger partial charge >= 0.3 is 0 Å². The average molecular weight is 267 g/mol. The summed E-state index contributed by atoms with van der Waals surface area (Å²) in [5.74, 6) is 0. The molecule has 1 aromatic carbocycles. The summed E-state index contributed by atoms with van der Waals surface area (Å²) < 4.78 is 5.16. The highest BCUT2D eigenvalue weighted by Crippen LogP contribution is 2.16. The Morgan fingerprint density at radius 1 is 1.20 bits per heavy atom. The minimum atomic E-state index is 0.431. The summed E-state index contributed by atoms with van der Waals surface area (Å²) in [6.45, 7) is 2.21. The Morgan fingerprint density at radius 3 is 2.60 bits per heavy atom. The highest BCUT2D eigenvalue weighted by atomic mass is 16.5. The second-order valence-electron chi connectivity index (χ2n) is 4.41. The molecular formula is C16H17N3O.